The van der Waals surface area contributed by atoms with Gasteiger partial charge >= 0.3 is 5.69 Å². The molecule has 0 amide bonds. The first-order valence-corrected chi connectivity index (χ1v) is 5.73. The van der Waals surface area contributed by atoms with Crippen LogP contribution >= 0.6 is 0 Å². The molecule has 106 valence electrons. The summed E-state index contributed by atoms with van der Waals surface area (Å²) in [6.07, 6.45) is 1.78. The molecule has 0 saturated heterocycles. The number of nitro groups is 1. The van der Waals surface area contributed by atoms with Crippen molar-refractivity contribution in [1.82, 2.24) is 19.7 Å². The average molecular weight is 278 g/mol. The fourth-order valence-corrected chi connectivity index (χ4v) is 1.71. The molecule has 0 saturated carbocycles. The van der Waals surface area contributed by atoms with Gasteiger partial charge in [-0.05, 0) is 13.0 Å². The van der Waals surface area contributed by atoms with E-state index in [0.717, 1.165) is 5.69 Å². The Morgan fingerprint density at radius 3 is 2.80 bits per heavy atom. The molecule has 0 bridgehead atoms. The number of aryl methyl sites for hydroxylation is 2. The van der Waals surface area contributed by atoms with Crippen LogP contribution in [0, 0.1) is 17.0 Å². The summed E-state index contributed by atoms with van der Waals surface area (Å²) in [5.41, 5.74) is 3.05. The first kappa shape index (κ1) is 13.7. The van der Waals surface area contributed by atoms with E-state index in [1.54, 1.807) is 24.0 Å². The molecule has 10 heteroatoms. The first-order chi connectivity index (χ1) is 9.51. The molecule has 2 rings (SSSR count). The van der Waals surface area contributed by atoms with Gasteiger partial charge < -0.3 is 5.32 Å². The summed E-state index contributed by atoms with van der Waals surface area (Å²) in [5.74, 6) is 5.44. The number of nitrogens with one attached hydrogen (secondary N) is 2. The van der Waals surface area contributed by atoms with E-state index in [1.807, 2.05) is 0 Å². The zero-order chi connectivity index (χ0) is 14.7. The Morgan fingerprint density at radius 1 is 1.50 bits per heavy atom. The van der Waals surface area contributed by atoms with Crippen LogP contribution in [0.2, 0.25) is 0 Å². The largest absolute Gasteiger partial charge is 0.358 e. The normalized spacial score (nSPS) is 10.3. The lowest BCUT2D eigenvalue weighted by Crippen LogP contribution is -2.14. The second-order valence-electron chi connectivity index (χ2n) is 4.07. The van der Waals surface area contributed by atoms with Gasteiger partial charge in [-0.3, -0.25) is 20.2 Å². The summed E-state index contributed by atoms with van der Waals surface area (Å²) in [7, 11) is 1.79. The van der Waals surface area contributed by atoms with Crippen molar-refractivity contribution in [2.75, 3.05) is 10.7 Å². The van der Waals surface area contributed by atoms with Gasteiger partial charge in [0.1, 0.15) is 5.69 Å². The number of anilines is 2. The van der Waals surface area contributed by atoms with E-state index < -0.39 is 4.92 Å². The number of hydrogen-bond donors (Lipinski definition) is 3. The molecule has 0 aliphatic carbocycles. The van der Waals surface area contributed by atoms with Crippen molar-refractivity contribution in [2.24, 2.45) is 12.9 Å². The van der Waals surface area contributed by atoms with Gasteiger partial charge in [0, 0.05) is 13.2 Å². The summed E-state index contributed by atoms with van der Waals surface area (Å²) >= 11 is 0. The molecular formula is C10H14N8O2. The van der Waals surface area contributed by atoms with Crippen molar-refractivity contribution in [3.63, 3.8) is 0 Å². The van der Waals surface area contributed by atoms with Gasteiger partial charge in [0.05, 0.1) is 17.2 Å². The molecule has 0 aliphatic heterocycles. The Balaban J connectivity index is 2.28. The molecule has 20 heavy (non-hydrogen) atoms. The van der Waals surface area contributed by atoms with Gasteiger partial charge in [0.15, 0.2) is 0 Å². The van der Waals surface area contributed by atoms with E-state index in [1.165, 1.54) is 6.92 Å². The van der Waals surface area contributed by atoms with Crippen LogP contribution in [0.1, 0.15) is 11.4 Å². The standard InChI is InChI=1S/C10H14N8O2/c1-6-8(18(19)20)9(14-10(13-6)15-11)12-5-7-3-4-17(2)16-7/h3-4H,5,11H2,1-2H3,(H2,12,13,14,15). The number of nitrogens with two attached hydrogens (primary N) is 1. The third kappa shape index (κ3) is 2.80. The summed E-state index contributed by atoms with van der Waals surface area (Å²) in [6.45, 7) is 1.83. The minimum absolute atomic E-state index is 0.0982. The molecule has 0 fully saturated rings. The first-order valence-electron chi connectivity index (χ1n) is 5.73. The zero-order valence-electron chi connectivity index (χ0n) is 11.0. The molecule has 0 atom stereocenters. The SMILES string of the molecule is Cc1nc(NN)nc(NCc2ccn(C)n2)c1[N+](=O)[O-]. The summed E-state index contributed by atoms with van der Waals surface area (Å²) in [6, 6.07) is 1.80. The number of rotatable bonds is 5. The van der Waals surface area contributed by atoms with Crippen LogP contribution in [-0.2, 0) is 13.6 Å². The highest BCUT2D eigenvalue weighted by atomic mass is 16.6. The van der Waals surface area contributed by atoms with Crippen molar-refractivity contribution in [2.45, 2.75) is 13.5 Å². The Hall–Kier alpha value is -2.75. The molecule has 2 aromatic heterocycles. The molecule has 2 heterocycles. The lowest BCUT2D eigenvalue weighted by atomic mass is 10.3. The molecular weight excluding hydrogens is 264 g/mol. The van der Waals surface area contributed by atoms with Crippen LogP contribution in [0.5, 0.6) is 0 Å². The quantitative estimate of drug-likeness (QED) is 0.404. The van der Waals surface area contributed by atoms with Gasteiger partial charge in [-0.25, -0.2) is 10.8 Å². The number of hydrazine groups is 1. The van der Waals surface area contributed by atoms with Gasteiger partial charge in [0.2, 0.25) is 11.8 Å². The van der Waals surface area contributed by atoms with E-state index in [9.17, 15) is 10.1 Å². The second kappa shape index (κ2) is 5.48. The van der Waals surface area contributed by atoms with E-state index >= 15 is 0 Å². The Labute approximate surface area is 114 Å². The lowest BCUT2D eigenvalue weighted by molar-refractivity contribution is -0.385. The third-order valence-corrected chi connectivity index (χ3v) is 2.58. The lowest BCUT2D eigenvalue weighted by Gasteiger charge is -2.08. The van der Waals surface area contributed by atoms with Crippen LogP contribution in [0.3, 0.4) is 0 Å². The predicted octanol–water partition coefficient (Wildman–Crippen LogP) is 0.324. The van der Waals surface area contributed by atoms with E-state index in [2.05, 4.69) is 25.8 Å². The van der Waals surface area contributed by atoms with Crippen LogP contribution in [0.25, 0.3) is 0 Å². The molecule has 0 radical (unpaired) electrons. The van der Waals surface area contributed by atoms with Crippen molar-refractivity contribution in [1.29, 1.82) is 0 Å². The van der Waals surface area contributed by atoms with E-state index in [-0.39, 0.29) is 23.1 Å². The highest BCUT2D eigenvalue weighted by molar-refractivity contribution is 5.60. The maximum absolute atomic E-state index is 11.1. The van der Waals surface area contributed by atoms with Gasteiger partial charge in [-0.2, -0.15) is 10.1 Å². The zero-order valence-corrected chi connectivity index (χ0v) is 11.0. The van der Waals surface area contributed by atoms with Crippen molar-refractivity contribution < 1.29 is 4.92 Å². The summed E-state index contributed by atoms with van der Waals surface area (Å²) < 4.78 is 1.64. The number of nitrogen functional groups attached to an aromatic ring is 1. The topological polar surface area (TPSA) is 137 Å². The Kier molecular flexibility index (Phi) is 3.75. The summed E-state index contributed by atoms with van der Waals surface area (Å²) in [4.78, 5) is 18.4. The molecule has 2 aromatic rings. The molecule has 10 nitrogen and oxygen atoms in total. The molecule has 0 aromatic carbocycles. The molecule has 4 N–H and O–H groups in total. The molecule has 0 aliphatic rings. The monoisotopic (exact) mass is 278 g/mol. The third-order valence-electron chi connectivity index (χ3n) is 2.58. The van der Waals surface area contributed by atoms with Crippen molar-refractivity contribution >= 4 is 17.5 Å². The van der Waals surface area contributed by atoms with Crippen LogP contribution in [0.15, 0.2) is 12.3 Å². The minimum Gasteiger partial charge on any atom is -0.358 e. The van der Waals surface area contributed by atoms with Gasteiger partial charge in [-0.1, -0.05) is 0 Å². The maximum Gasteiger partial charge on any atom is 0.332 e. The van der Waals surface area contributed by atoms with Gasteiger partial charge in [0.25, 0.3) is 0 Å². The fraction of sp³-hybridized carbons (Fsp3) is 0.300. The highest BCUT2D eigenvalue weighted by Crippen LogP contribution is 2.26. The number of aromatic nitrogens is 4. The summed E-state index contributed by atoms with van der Waals surface area (Å²) in [5, 5.41) is 18.1. The average Bonchev–Trinajstić information content (AvgIpc) is 2.81. The van der Waals surface area contributed by atoms with Crippen molar-refractivity contribution in [3.05, 3.63) is 33.8 Å². The predicted molar refractivity (Wildman–Crippen MR) is 71.8 cm³/mol. The van der Waals surface area contributed by atoms with Crippen LogP contribution < -0.4 is 16.6 Å². The van der Waals surface area contributed by atoms with E-state index in [0.29, 0.717) is 6.54 Å². The van der Waals surface area contributed by atoms with Crippen molar-refractivity contribution in [3.8, 4) is 0 Å². The maximum atomic E-state index is 11.1. The number of hydrogen-bond acceptors (Lipinski definition) is 8. The molecule has 0 unspecified atom stereocenters. The van der Waals surface area contributed by atoms with Crippen LogP contribution in [0.4, 0.5) is 17.5 Å². The Morgan fingerprint density at radius 2 is 2.25 bits per heavy atom. The van der Waals surface area contributed by atoms with Crippen LogP contribution in [-0.4, -0.2) is 24.7 Å². The smallest absolute Gasteiger partial charge is 0.332 e. The Bertz CT molecular complexity index is 638. The second-order valence-corrected chi connectivity index (χ2v) is 4.07. The highest BCUT2D eigenvalue weighted by Gasteiger charge is 2.21. The molecule has 0 spiro atoms. The van der Waals surface area contributed by atoms with Gasteiger partial charge in [-0.15, -0.1) is 0 Å². The minimum atomic E-state index is -0.531. The fourth-order valence-electron chi connectivity index (χ4n) is 1.71. The number of nitrogens with zero attached hydrogens (tertiary/aromatic N) is 5. The van der Waals surface area contributed by atoms with E-state index in [4.69, 9.17) is 5.84 Å².